The van der Waals surface area contributed by atoms with E-state index in [0.29, 0.717) is 0 Å². The Morgan fingerprint density at radius 2 is 1.86 bits per heavy atom. The van der Waals surface area contributed by atoms with Gasteiger partial charge in [-0.1, -0.05) is 0 Å². The van der Waals surface area contributed by atoms with Crippen molar-refractivity contribution in [3.63, 3.8) is 0 Å². The molecule has 0 aromatic rings. The standard InChI is InChI=1S/C4H11N3/c5-7-3-1-6-2-4-7/h6H,1-5H2. The zero-order valence-corrected chi connectivity index (χ0v) is 4.35. The Morgan fingerprint density at radius 3 is 2.14 bits per heavy atom. The lowest BCUT2D eigenvalue weighted by Crippen LogP contribution is -2.47. The van der Waals surface area contributed by atoms with E-state index >= 15 is 0 Å². The summed E-state index contributed by atoms with van der Waals surface area (Å²) in [6.45, 7) is 4.05. The molecule has 3 nitrogen and oxygen atoms in total. The largest absolute Gasteiger partial charge is 0.314 e. The monoisotopic (exact) mass is 101 g/mol. The van der Waals surface area contributed by atoms with Crippen LogP contribution in [0.25, 0.3) is 0 Å². The van der Waals surface area contributed by atoms with Gasteiger partial charge in [0.25, 0.3) is 0 Å². The average molecular weight is 101 g/mol. The van der Waals surface area contributed by atoms with Gasteiger partial charge in [-0.15, -0.1) is 0 Å². The molecule has 3 heteroatoms. The van der Waals surface area contributed by atoms with Crippen LogP contribution in [0.5, 0.6) is 0 Å². The first kappa shape index (κ1) is 5.03. The van der Waals surface area contributed by atoms with Crippen LogP contribution in [0.4, 0.5) is 0 Å². The molecule has 0 radical (unpaired) electrons. The van der Waals surface area contributed by atoms with E-state index in [-0.39, 0.29) is 0 Å². The van der Waals surface area contributed by atoms with E-state index in [1.165, 1.54) is 0 Å². The van der Waals surface area contributed by atoms with E-state index in [9.17, 15) is 0 Å². The van der Waals surface area contributed by atoms with E-state index in [4.69, 9.17) is 5.84 Å². The minimum Gasteiger partial charge on any atom is -0.314 e. The third-order valence-corrected chi connectivity index (χ3v) is 1.15. The summed E-state index contributed by atoms with van der Waals surface area (Å²) in [7, 11) is 0. The molecule has 42 valence electrons. The van der Waals surface area contributed by atoms with Gasteiger partial charge in [0.15, 0.2) is 0 Å². The molecule has 0 atom stereocenters. The van der Waals surface area contributed by atoms with Crippen molar-refractivity contribution in [1.29, 1.82) is 0 Å². The molecule has 1 heterocycles. The lowest BCUT2D eigenvalue weighted by atomic mass is 10.4. The van der Waals surface area contributed by atoms with Crippen molar-refractivity contribution in [3.05, 3.63) is 0 Å². The zero-order valence-electron chi connectivity index (χ0n) is 4.35. The summed E-state index contributed by atoms with van der Waals surface area (Å²) in [4.78, 5) is 0. The number of piperazine rings is 1. The number of hydrazine groups is 1. The van der Waals surface area contributed by atoms with Crippen molar-refractivity contribution in [2.24, 2.45) is 5.84 Å². The van der Waals surface area contributed by atoms with Gasteiger partial charge in [-0.3, -0.25) is 5.84 Å². The quantitative estimate of drug-likeness (QED) is 0.375. The van der Waals surface area contributed by atoms with Gasteiger partial charge >= 0.3 is 0 Å². The normalized spacial score (nSPS) is 25.3. The highest BCUT2D eigenvalue weighted by Crippen LogP contribution is 1.79. The molecule has 3 N–H and O–H groups in total. The van der Waals surface area contributed by atoms with Crippen molar-refractivity contribution in [3.8, 4) is 0 Å². The smallest absolute Gasteiger partial charge is 0.0254 e. The van der Waals surface area contributed by atoms with Crippen LogP contribution in [0.1, 0.15) is 0 Å². The third-order valence-electron chi connectivity index (χ3n) is 1.15. The molecule has 1 fully saturated rings. The molecule has 0 spiro atoms. The Balaban J connectivity index is 2.12. The van der Waals surface area contributed by atoms with Crippen molar-refractivity contribution in [2.75, 3.05) is 26.2 Å². The highest BCUT2D eigenvalue weighted by atomic mass is 15.4. The van der Waals surface area contributed by atoms with Gasteiger partial charge in [-0.25, -0.2) is 5.01 Å². The zero-order chi connectivity index (χ0) is 5.11. The predicted molar refractivity (Wildman–Crippen MR) is 28.6 cm³/mol. The van der Waals surface area contributed by atoms with E-state index in [2.05, 4.69) is 5.32 Å². The van der Waals surface area contributed by atoms with Gasteiger partial charge in [0, 0.05) is 26.2 Å². The van der Waals surface area contributed by atoms with Crippen molar-refractivity contribution in [1.82, 2.24) is 10.3 Å². The molecule has 1 aliphatic rings. The number of nitrogens with two attached hydrogens (primary N) is 1. The first-order valence-corrected chi connectivity index (χ1v) is 2.60. The van der Waals surface area contributed by atoms with Crippen molar-refractivity contribution in [2.45, 2.75) is 0 Å². The van der Waals surface area contributed by atoms with Crippen LogP contribution in [0, 0.1) is 0 Å². The number of nitrogens with zero attached hydrogens (tertiary/aromatic N) is 1. The summed E-state index contributed by atoms with van der Waals surface area (Å²) in [6.07, 6.45) is 0. The van der Waals surface area contributed by atoms with Crippen LogP contribution >= 0.6 is 0 Å². The first-order chi connectivity index (χ1) is 3.39. The van der Waals surface area contributed by atoms with Crippen molar-refractivity contribution >= 4 is 0 Å². The Hall–Kier alpha value is -0.120. The predicted octanol–water partition coefficient (Wildman–Crippen LogP) is -1.23. The summed E-state index contributed by atoms with van der Waals surface area (Å²) in [5.41, 5.74) is 0. The van der Waals surface area contributed by atoms with Crippen LogP contribution in [0.2, 0.25) is 0 Å². The SMILES string of the molecule is NN1CCNCC1. The fourth-order valence-corrected chi connectivity index (χ4v) is 0.682. The fraction of sp³-hybridized carbons (Fsp3) is 1.00. The van der Waals surface area contributed by atoms with Gasteiger partial charge in [0.2, 0.25) is 0 Å². The second-order valence-electron chi connectivity index (χ2n) is 1.79. The van der Waals surface area contributed by atoms with Gasteiger partial charge in [-0.05, 0) is 0 Å². The lowest BCUT2D eigenvalue weighted by Gasteiger charge is -2.21. The lowest BCUT2D eigenvalue weighted by molar-refractivity contribution is 0.248. The molecule has 7 heavy (non-hydrogen) atoms. The molecule has 1 rings (SSSR count). The fourth-order valence-electron chi connectivity index (χ4n) is 0.682. The van der Waals surface area contributed by atoms with E-state index in [1.54, 1.807) is 0 Å². The van der Waals surface area contributed by atoms with Crippen LogP contribution in [-0.4, -0.2) is 31.2 Å². The second-order valence-corrected chi connectivity index (χ2v) is 1.79. The molecule has 0 bridgehead atoms. The topological polar surface area (TPSA) is 41.3 Å². The summed E-state index contributed by atoms with van der Waals surface area (Å²) in [6, 6.07) is 0. The molecule has 0 amide bonds. The minimum absolute atomic E-state index is 0.986. The number of rotatable bonds is 0. The Kier molecular flexibility index (Phi) is 1.62. The molecule has 1 aliphatic heterocycles. The second kappa shape index (κ2) is 2.26. The first-order valence-electron chi connectivity index (χ1n) is 2.60. The Bertz CT molecular complexity index is 48.9. The van der Waals surface area contributed by atoms with Gasteiger partial charge in [0.05, 0.1) is 0 Å². The van der Waals surface area contributed by atoms with E-state index in [1.807, 2.05) is 5.01 Å². The highest BCUT2D eigenvalue weighted by molar-refractivity contribution is 4.60. The summed E-state index contributed by atoms with van der Waals surface area (Å²) in [5.74, 6) is 5.43. The van der Waals surface area contributed by atoms with Gasteiger partial charge in [0.1, 0.15) is 0 Å². The number of nitrogens with one attached hydrogen (secondary N) is 1. The van der Waals surface area contributed by atoms with Crippen LogP contribution < -0.4 is 11.2 Å². The maximum Gasteiger partial charge on any atom is 0.0254 e. The van der Waals surface area contributed by atoms with Crippen LogP contribution in [-0.2, 0) is 0 Å². The maximum atomic E-state index is 5.43. The molecule has 0 aromatic carbocycles. The maximum absolute atomic E-state index is 5.43. The number of hydrogen-bond acceptors (Lipinski definition) is 3. The van der Waals surface area contributed by atoms with E-state index in [0.717, 1.165) is 26.2 Å². The van der Waals surface area contributed by atoms with Gasteiger partial charge in [-0.2, -0.15) is 0 Å². The molecule has 1 saturated heterocycles. The average Bonchev–Trinajstić information content (AvgIpc) is 1.69. The molecule has 0 unspecified atom stereocenters. The summed E-state index contributed by atoms with van der Waals surface area (Å²) < 4.78 is 0. The van der Waals surface area contributed by atoms with Gasteiger partial charge < -0.3 is 5.32 Å². The molecular weight excluding hydrogens is 90.1 g/mol. The summed E-state index contributed by atoms with van der Waals surface area (Å²) in [5, 5.41) is 5.02. The molecule has 0 aliphatic carbocycles. The summed E-state index contributed by atoms with van der Waals surface area (Å²) >= 11 is 0. The van der Waals surface area contributed by atoms with E-state index < -0.39 is 0 Å². The Labute approximate surface area is 43.4 Å². The number of hydrogen-bond donors (Lipinski definition) is 2. The highest BCUT2D eigenvalue weighted by Gasteiger charge is 2.01. The van der Waals surface area contributed by atoms with Crippen LogP contribution in [0.15, 0.2) is 0 Å². The molecular formula is C4H11N3. The Morgan fingerprint density at radius 1 is 1.29 bits per heavy atom. The third kappa shape index (κ3) is 1.43. The van der Waals surface area contributed by atoms with Crippen molar-refractivity contribution < 1.29 is 0 Å². The molecule has 0 aromatic heterocycles. The van der Waals surface area contributed by atoms with Crippen LogP contribution in [0.3, 0.4) is 0 Å². The molecule has 0 saturated carbocycles. The minimum atomic E-state index is 0.986.